The van der Waals surface area contributed by atoms with Crippen molar-refractivity contribution in [3.8, 4) is 0 Å². The fourth-order valence-corrected chi connectivity index (χ4v) is 1.54. The van der Waals surface area contributed by atoms with E-state index >= 15 is 0 Å². The van der Waals surface area contributed by atoms with Crippen LogP contribution in [0.1, 0.15) is 30.9 Å². The molecule has 1 N–H and O–H groups in total. The van der Waals surface area contributed by atoms with Crippen LogP contribution in [0, 0.1) is 24.0 Å². The van der Waals surface area contributed by atoms with Crippen molar-refractivity contribution in [1.29, 1.82) is 0 Å². The molecule has 0 saturated heterocycles. The van der Waals surface area contributed by atoms with Crippen molar-refractivity contribution in [3.63, 3.8) is 0 Å². The Balaban J connectivity index is 3.14. The highest BCUT2D eigenvalue weighted by atomic mass is 16.6. The number of rotatable bonds is 4. The third kappa shape index (κ3) is 3.03. The standard InChI is InChI=1S/C12H16N2O3/c1-4-5-11(15)13-12-9(3)8(2)6-7-10(12)14(16)17/h6-7H,4-5H2,1-3H3,(H,13,15). The van der Waals surface area contributed by atoms with Gasteiger partial charge in [-0.15, -0.1) is 0 Å². The van der Waals surface area contributed by atoms with Crippen LogP contribution in [-0.2, 0) is 4.79 Å². The molecule has 17 heavy (non-hydrogen) atoms. The van der Waals surface area contributed by atoms with Gasteiger partial charge in [0, 0.05) is 12.5 Å². The van der Waals surface area contributed by atoms with E-state index in [0.717, 1.165) is 11.1 Å². The van der Waals surface area contributed by atoms with Crippen molar-refractivity contribution in [2.45, 2.75) is 33.6 Å². The van der Waals surface area contributed by atoms with E-state index in [0.29, 0.717) is 18.5 Å². The first kappa shape index (κ1) is 13.2. The Bertz CT molecular complexity index is 455. The molecule has 5 heteroatoms. The zero-order valence-electron chi connectivity index (χ0n) is 10.2. The van der Waals surface area contributed by atoms with Crippen molar-refractivity contribution >= 4 is 17.3 Å². The van der Waals surface area contributed by atoms with Crippen LogP contribution >= 0.6 is 0 Å². The first-order valence-corrected chi connectivity index (χ1v) is 5.51. The fraction of sp³-hybridized carbons (Fsp3) is 0.417. The van der Waals surface area contributed by atoms with Crippen molar-refractivity contribution in [2.75, 3.05) is 5.32 Å². The van der Waals surface area contributed by atoms with Crippen LogP contribution in [0.2, 0.25) is 0 Å². The highest BCUT2D eigenvalue weighted by Gasteiger charge is 2.18. The number of nitrogens with zero attached hydrogens (tertiary/aromatic N) is 1. The number of carbonyl (C=O) groups is 1. The predicted octanol–water partition coefficient (Wildman–Crippen LogP) is 2.95. The summed E-state index contributed by atoms with van der Waals surface area (Å²) in [4.78, 5) is 21.9. The smallest absolute Gasteiger partial charge is 0.293 e. The molecule has 5 nitrogen and oxygen atoms in total. The van der Waals surface area contributed by atoms with Gasteiger partial charge in [-0.1, -0.05) is 13.0 Å². The quantitative estimate of drug-likeness (QED) is 0.645. The minimum atomic E-state index is -0.478. The van der Waals surface area contributed by atoms with Crippen molar-refractivity contribution < 1.29 is 9.72 Å². The van der Waals surface area contributed by atoms with Gasteiger partial charge in [0.1, 0.15) is 5.69 Å². The molecule has 0 aliphatic carbocycles. The molecule has 0 spiro atoms. The van der Waals surface area contributed by atoms with Crippen LogP contribution in [0.3, 0.4) is 0 Å². The van der Waals surface area contributed by atoms with Gasteiger partial charge in [-0.3, -0.25) is 14.9 Å². The number of carbonyl (C=O) groups excluding carboxylic acids is 1. The topological polar surface area (TPSA) is 72.2 Å². The van der Waals surface area contributed by atoms with Gasteiger partial charge in [-0.25, -0.2) is 0 Å². The minimum absolute atomic E-state index is 0.0578. The number of amides is 1. The molecule has 0 aliphatic rings. The van der Waals surface area contributed by atoms with Crippen LogP contribution in [0.4, 0.5) is 11.4 Å². The molecule has 1 aromatic rings. The summed E-state index contributed by atoms with van der Waals surface area (Å²) in [6.07, 6.45) is 1.08. The SMILES string of the molecule is CCCC(=O)Nc1c([N+](=O)[O-])ccc(C)c1C. The summed E-state index contributed by atoms with van der Waals surface area (Å²) in [5.41, 5.74) is 1.91. The first-order chi connectivity index (χ1) is 7.97. The maximum Gasteiger partial charge on any atom is 0.293 e. The minimum Gasteiger partial charge on any atom is -0.320 e. The summed E-state index contributed by atoms with van der Waals surface area (Å²) < 4.78 is 0. The molecule has 0 heterocycles. The molecule has 0 aliphatic heterocycles. The maximum atomic E-state index is 11.5. The Morgan fingerprint density at radius 2 is 2.06 bits per heavy atom. The number of hydrogen-bond acceptors (Lipinski definition) is 3. The van der Waals surface area contributed by atoms with E-state index in [1.165, 1.54) is 6.07 Å². The summed E-state index contributed by atoms with van der Waals surface area (Å²) in [6.45, 7) is 5.51. The van der Waals surface area contributed by atoms with Crippen molar-refractivity contribution in [2.24, 2.45) is 0 Å². The van der Waals surface area contributed by atoms with E-state index in [-0.39, 0.29) is 11.6 Å². The number of aryl methyl sites for hydroxylation is 1. The van der Waals surface area contributed by atoms with Crippen molar-refractivity contribution in [3.05, 3.63) is 33.4 Å². The second-order valence-electron chi connectivity index (χ2n) is 3.96. The van der Waals surface area contributed by atoms with Crippen molar-refractivity contribution in [1.82, 2.24) is 0 Å². The maximum absolute atomic E-state index is 11.5. The van der Waals surface area contributed by atoms with Gasteiger partial charge in [0.2, 0.25) is 5.91 Å². The number of hydrogen-bond donors (Lipinski definition) is 1. The molecule has 0 atom stereocenters. The lowest BCUT2D eigenvalue weighted by molar-refractivity contribution is -0.384. The third-order valence-electron chi connectivity index (χ3n) is 2.65. The van der Waals surface area contributed by atoms with Crippen LogP contribution in [0.5, 0.6) is 0 Å². The third-order valence-corrected chi connectivity index (χ3v) is 2.65. The van der Waals surface area contributed by atoms with E-state index in [4.69, 9.17) is 0 Å². The lowest BCUT2D eigenvalue weighted by Crippen LogP contribution is -2.13. The van der Waals surface area contributed by atoms with E-state index < -0.39 is 4.92 Å². The van der Waals surface area contributed by atoms with Crippen LogP contribution in [-0.4, -0.2) is 10.8 Å². The van der Waals surface area contributed by atoms with Crippen LogP contribution < -0.4 is 5.32 Å². The Hall–Kier alpha value is -1.91. The van der Waals surface area contributed by atoms with Gasteiger partial charge in [0.25, 0.3) is 5.69 Å². The van der Waals surface area contributed by atoms with Crippen LogP contribution in [0.25, 0.3) is 0 Å². The molecule has 1 aromatic carbocycles. The molecule has 92 valence electrons. The lowest BCUT2D eigenvalue weighted by Gasteiger charge is -2.10. The first-order valence-electron chi connectivity index (χ1n) is 5.51. The predicted molar refractivity (Wildman–Crippen MR) is 66.1 cm³/mol. The Labute approximate surface area is 100.0 Å². The van der Waals surface area contributed by atoms with E-state index in [9.17, 15) is 14.9 Å². The Morgan fingerprint density at radius 3 is 2.59 bits per heavy atom. The molecular formula is C12H16N2O3. The highest BCUT2D eigenvalue weighted by Crippen LogP contribution is 2.30. The molecular weight excluding hydrogens is 220 g/mol. The molecule has 0 fully saturated rings. The number of nitrogens with one attached hydrogen (secondary N) is 1. The average molecular weight is 236 g/mol. The Kier molecular flexibility index (Phi) is 4.20. The summed E-state index contributed by atoms with van der Waals surface area (Å²) in [6, 6.07) is 3.10. The van der Waals surface area contributed by atoms with E-state index in [1.54, 1.807) is 13.0 Å². The number of anilines is 1. The van der Waals surface area contributed by atoms with E-state index in [1.807, 2.05) is 13.8 Å². The summed E-state index contributed by atoms with van der Waals surface area (Å²) >= 11 is 0. The molecule has 0 aromatic heterocycles. The normalized spacial score (nSPS) is 10.1. The summed E-state index contributed by atoms with van der Waals surface area (Å²) in [5, 5.41) is 13.5. The zero-order chi connectivity index (χ0) is 13.0. The number of nitro benzene ring substituents is 1. The Morgan fingerprint density at radius 1 is 1.41 bits per heavy atom. The van der Waals surface area contributed by atoms with E-state index in [2.05, 4.69) is 5.32 Å². The second-order valence-corrected chi connectivity index (χ2v) is 3.96. The van der Waals surface area contributed by atoms with Gasteiger partial charge < -0.3 is 5.32 Å². The van der Waals surface area contributed by atoms with Crippen LogP contribution in [0.15, 0.2) is 12.1 Å². The van der Waals surface area contributed by atoms with Gasteiger partial charge >= 0.3 is 0 Å². The molecule has 1 rings (SSSR count). The largest absolute Gasteiger partial charge is 0.320 e. The molecule has 0 saturated carbocycles. The number of benzene rings is 1. The highest BCUT2D eigenvalue weighted by molar-refractivity contribution is 5.94. The molecule has 1 amide bonds. The zero-order valence-corrected chi connectivity index (χ0v) is 10.2. The second kappa shape index (κ2) is 5.43. The molecule has 0 unspecified atom stereocenters. The monoisotopic (exact) mass is 236 g/mol. The number of nitro groups is 1. The average Bonchev–Trinajstić information content (AvgIpc) is 2.25. The lowest BCUT2D eigenvalue weighted by atomic mass is 10.1. The van der Waals surface area contributed by atoms with Gasteiger partial charge in [-0.2, -0.15) is 0 Å². The van der Waals surface area contributed by atoms with Gasteiger partial charge in [0.05, 0.1) is 4.92 Å². The molecule has 0 radical (unpaired) electrons. The molecule has 0 bridgehead atoms. The van der Waals surface area contributed by atoms with Gasteiger partial charge in [0.15, 0.2) is 0 Å². The fourth-order valence-electron chi connectivity index (χ4n) is 1.54. The summed E-state index contributed by atoms with van der Waals surface area (Å²) in [5.74, 6) is -0.190. The van der Waals surface area contributed by atoms with Gasteiger partial charge in [-0.05, 0) is 31.4 Å². The summed E-state index contributed by atoms with van der Waals surface area (Å²) in [7, 11) is 0.